The summed E-state index contributed by atoms with van der Waals surface area (Å²) >= 11 is 0. The van der Waals surface area contributed by atoms with Crippen molar-refractivity contribution in [1.29, 1.82) is 5.26 Å². The van der Waals surface area contributed by atoms with E-state index in [2.05, 4.69) is 28.4 Å². The lowest BCUT2D eigenvalue weighted by molar-refractivity contribution is 0.148. The lowest BCUT2D eigenvalue weighted by atomic mass is 9.80. The molecule has 1 heterocycles. The molecule has 4 nitrogen and oxygen atoms in total. The molecular weight excluding hydrogens is 226 g/mol. The van der Waals surface area contributed by atoms with Crippen molar-refractivity contribution in [3.05, 3.63) is 52.8 Å². The van der Waals surface area contributed by atoms with Gasteiger partial charge in [-0.05, 0) is 18.4 Å². The third-order valence-corrected chi connectivity index (χ3v) is 3.55. The SMILES string of the molecule is N#Cc1n[nH]c2c1C(c1ccccc1)CCC2O. The summed E-state index contributed by atoms with van der Waals surface area (Å²) in [7, 11) is 0. The van der Waals surface area contributed by atoms with Crippen LogP contribution in [0.4, 0.5) is 0 Å². The number of nitrogens with one attached hydrogen (secondary N) is 1. The fraction of sp³-hybridized carbons (Fsp3) is 0.286. The van der Waals surface area contributed by atoms with Crippen LogP contribution >= 0.6 is 0 Å². The van der Waals surface area contributed by atoms with E-state index < -0.39 is 6.10 Å². The van der Waals surface area contributed by atoms with Gasteiger partial charge in [-0.1, -0.05) is 30.3 Å². The van der Waals surface area contributed by atoms with Crippen molar-refractivity contribution in [3.8, 4) is 6.07 Å². The number of rotatable bonds is 1. The quantitative estimate of drug-likeness (QED) is 0.801. The molecule has 1 aliphatic carbocycles. The van der Waals surface area contributed by atoms with E-state index in [0.29, 0.717) is 17.8 Å². The van der Waals surface area contributed by atoms with Crippen molar-refractivity contribution in [2.45, 2.75) is 24.9 Å². The zero-order valence-electron chi connectivity index (χ0n) is 9.80. The van der Waals surface area contributed by atoms with Crippen LogP contribution < -0.4 is 0 Å². The van der Waals surface area contributed by atoms with Crippen LogP contribution in [0.2, 0.25) is 0 Å². The maximum atomic E-state index is 9.95. The van der Waals surface area contributed by atoms with Gasteiger partial charge >= 0.3 is 0 Å². The van der Waals surface area contributed by atoms with Gasteiger partial charge in [0.1, 0.15) is 6.07 Å². The third kappa shape index (κ3) is 1.60. The molecule has 3 rings (SSSR count). The molecule has 0 radical (unpaired) electrons. The Hall–Kier alpha value is -2.12. The number of aromatic amines is 1. The predicted octanol–water partition coefficient (Wildman–Crippen LogP) is 2.24. The Morgan fingerprint density at radius 1 is 1.28 bits per heavy atom. The van der Waals surface area contributed by atoms with Crippen LogP contribution in [-0.4, -0.2) is 15.3 Å². The third-order valence-electron chi connectivity index (χ3n) is 3.55. The minimum atomic E-state index is -0.533. The summed E-state index contributed by atoms with van der Waals surface area (Å²) in [5.74, 6) is 0.151. The van der Waals surface area contributed by atoms with E-state index >= 15 is 0 Å². The van der Waals surface area contributed by atoms with Crippen molar-refractivity contribution in [1.82, 2.24) is 10.2 Å². The average Bonchev–Trinajstić information content (AvgIpc) is 2.85. The van der Waals surface area contributed by atoms with Crippen molar-refractivity contribution < 1.29 is 5.11 Å². The minimum absolute atomic E-state index is 0.151. The number of benzene rings is 1. The van der Waals surface area contributed by atoms with Gasteiger partial charge < -0.3 is 5.11 Å². The van der Waals surface area contributed by atoms with Crippen molar-refractivity contribution in [2.75, 3.05) is 0 Å². The molecule has 0 fully saturated rings. The Bertz CT molecular complexity index is 597. The van der Waals surface area contributed by atoms with Gasteiger partial charge in [-0.15, -0.1) is 0 Å². The first-order chi connectivity index (χ1) is 8.81. The van der Waals surface area contributed by atoms with E-state index in [1.807, 2.05) is 18.2 Å². The number of aromatic nitrogens is 2. The standard InChI is InChI=1S/C14H13N3O/c15-8-11-13-10(9-4-2-1-3-5-9)6-7-12(18)14(13)17-16-11/h1-5,10,12,18H,6-7H2,(H,16,17). The summed E-state index contributed by atoms with van der Waals surface area (Å²) in [4.78, 5) is 0. The second-order valence-electron chi connectivity index (χ2n) is 4.57. The Morgan fingerprint density at radius 2 is 2.06 bits per heavy atom. The van der Waals surface area contributed by atoms with Gasteiger partial charge in [0.2, 0.25) is 0 Å². The molecule has 0 bridgehead atoms. The first-order valence-corrected chi connectivity index (χ1v) is 6.02. The molecule has 1 aromatic carbocycles. The number of aliphatic hydroxyl groups is 1. The number of hydrogen-bond donors (Lipinski definition) is 2. The Balaban J connectivity index is 2.13. The van der Waals surface area contributed by atoms with E-state index in [9.17, 15) is 5.11 Å². The number of aliphatic hydroxyl groups excluding tert-OH is 1. The highest BCUT2D eigenvalue weighted by atomic mass is 16.3. The molecule has 2 aromatic rings. The molecule has 0 amide bonds. The van der Waals surface area contributed by atoms with Crippen molar-refractivity contribution in [3.63, 3.8) is 0 Å². The van der Waals surface area contributed by atoms with Gasteiger partial charge in [-0.3, -0.25) is 5.10 Å². The van der Waals surface area contributed by atoms with Gasteiger partial charge in [0.05, 0.1) is 11.8 Å². The molecule has 2 atom stereocenters. The highest BCUT2D eigenvalue weighted by Gasteiger charge is 2.31. The van der Waals surface area contributed by atoms with E-state index in [1.165, 1.54) is 5.56 Å². The molecule has 1 aliphatic rings. The highest BCUT2D eigenvalue weighted by Crippen LogP contribution is 2.41. The summed E-state index contributed by atoms with van der Waals surface area (Å²) in [6, 6.07) is 12.2. The highest BCUT2D eigenvalue weighted by molar-refractivity contribution is 5.45. The summed E-state index contributed by atoms with van der Waals surface area (Å²) in [6.45, 7) is 0. The zero-order valence-corrected chi connectivity index (χ0v) is 9.80. The second-order valence-corrected chi connectivity index (χ2v) is 4.57. The van der Waals surface area contributed by atoms with Gasteiger partial charge in [0.25, 0.3) is 0 Å². The molecule has 1 aromatic heterocycles. The second kappa shape index (κ2) is 4.28. The normalized spacial score (nSPS) is 22.2. The van der Waals surface area contributed by atoms with E-state index in [4.69, 9.17) is 5.26 Å². The largest absolute Gasteiger partial charge is 0.387 e. The predicted molar refractivity (Wildman–Crippen MR) is 65.8 cm³/mol. The number of H-pyrrole nitrogens is 1. The molecule has 4 heteroatoms. The molecule has 18 heavy (non-hydrogen) atoms. The zero-order chi connectivity index (χ0) is 12.5. The Kier molecular flexibility index (Phi) is 2.62. The molecule has 0 saturated carbocycles. The van der Waals surface area contributed by atoms with Crippen LogP contribution in [0, 0.1) is 11.3 Å². The summed E-state index contributed by atoms with van der Waals surface area (Å²) in [5.41, 5.74) is 3.13. The monoisotopic (exact) mass is 239 g/mol. The number of nitriles is 1. The van der Waals surface area contributed by atoms with Crippen molar-refractivity contribution in [2.24, 2.45) is 0 Å². The van der Waals surface area contributed by atoms with Crippen LogP contribution in [0.25, 0.3) is 0 Å². The van der Waals surface area contributed by atoms with Crippen molar-refractivity contribution >= 4 is 0 Å². The van der Waals surface area contributed by atoms with Gasteiger partial charge in [0.15, 0.2) is 5.69 Å². The van der Waals surface area contributed by atoms with Gasteiger partial charge in [0, 0.05) is 11.5 Å². The summed E-state index contributed by atoms with van der Waals surface area (Å²) < 4.78 is 0. The fourth-order valence-electron chi connectivity index (χ4n) is 2.69. The molecule has 0 spiro atoms. The average molecular weight is 239 g/mol. The molecule has 0 saturated heterocycles. The Labute approximate surface area is 105 Å². The maximum absolute atomic E-state index is 9.95. The van der Waals surface area contributed by atoms with Crippen LogP contribution in [-0.2, 0) is 0 Å². The van der Waals surface area contributed by atoms with E-state index in [0.717, 1.165) is 12.0 Å². The van der Waals surface area contributed by atoms with Gasteiger partial charge in [-0.2, -0.15) is 10.4 Å². The maximum Gasteiger partial charge on any atom is 0.166 e. The number of hydrogen-bond acceptors (Lipinski definition) is 3. The molecule has 90 valence electrons. The van der Waals surface area contributed by atoms with Crippen LogP contribution in [0.1, 0.15) is 47.4 Å². The van der Waals surface area contributed by atoms with Crippen LogP contribution in [0.3, 0.4) is 0 Å². The lowest BCUT2D eigenvalue weighted by Gasteiger charge is -2.25. The first-order valence-electron chi connectivity index (χ1n) is 6.02. The van der Waals surface area contributed by atoms with E-state index in [1.54, 1.807) is 0 Å². The molecule has 2 N–H and O–H groups in total. The molecule has 2 unspecified atom stereocenters. The topological polar surface area (TPSA) is 72.7 Å². The van der Waals surface area contributed by atoms with Gasteiger partial charge in [-0.25, -0.2) is 0 Å². The van der Waals surface area contributed by atoms with Crippen LogP contribution in [0.15, 0.2) is 30.3 Å². The molecule has 0 aliphatic heterocycles. The lowest BCUT2D eigenvalue weighted by Crippen LogP contribution is -2.15. The minimum Gasteiger partial charge on any atom is -0.387 e. The summed E-state index contributed by atoms with van der Waals surface area (Å²) in [5, 5.41) is 25.9. The fourth-order valence-corrected chi connectivity index (χ4v) is 2.69. The Morgan fingerprint density at radius 3 is 2.78 bits per heavy atom. The van der Waals surface area contributed by atoms with E-state index in [-0.39, 0.29) is 5.92 Å². The smallest absolute Gasteiger partial charge is 0.166 e. The summed E-state index contributed by atoms with van der Waals surface area (Å²) in [6.07, 6.45) is 1.00. The van der Waals surface area contributed by atoms with Crippen LogP contribution in [0.5, 0.6) is 0 Å². The number of nitrogens with zero attached hydrogens (tertiary/aromatic N) is 2. The number of fused-ring (bicyclic) bond motifs is 1. The first kappa shape index (κ1) is 11.0. The molecular formula is C14H13N3O.